The van der Waals surface area contributed by atoms with Gasteiger partial charge in [0.2, 0.25) is 5.91 Å². The molecule has 1 N–H and O–H groups in total. The number of aliphatic carboxylic acids is 1. The number of carbonyl (C=O) groups excluding carboxylic acids is 2. The molecule has 5 atom stereocenters. The van der Waals surface area contributed by atoms with Gasteiger partial charge in [-0.25, -0.2) is 0 Å². The van der Waals surface area contributed by atoms with Crippen molar-refractivity contribution in [3.8, 4) is 0 Å². The third kappa shape index (κ3) is 32.7. The van der Waals surface area contributed by atoms with Gasteiger partial charge in [0.15, 0.2) is 16.6 Å². The Kier molecular flexibility index (Phi) is 34.4. The summed E-state index contributed by atoms with van der Waals surface area (Å²) in [5.41, 5.74) is 0.548. The van der Waals surface area contributed by atoms with Gasteiger partial charge in [0.25, 0.3) is 0 Å². The van der Waals surface area contributed by atoms with Crippen molar-refractivity contribution >= 4 is 62.8 Å². The van der Waals surface area contributed by atoms with Gasteiger partial charge in [-0.1, -0.05) is 143 Å². The van der Waals surface area contributed by atoms with Crippen LogP contribution in [0.3, 0.4) is 0 Å². The first-order chi connectivity index (χ1) is 27.3. The molecule has 60 heavy (non-hydrogen) atoms. The van der Waals surface area contributed by atoms with Crippen LogP contribution in [0.15, 0.2) is 0 Å². The Morgan fingerprint density at radius 1 is 0.500 bits per heavy atom. The molecule has 0 rings (SSSR count). The fourth-order valence-corrected chi connectivity index (χ4v) is 38.3. The smallest absolute Gasteiger partial charge is 0.550 e. The maximum Gasteiger partial charge on any atom is 1.00 e. The summed E-state index contributed by atoms with van der Waals surface area (Å²) in [4.78, 5) is 23.4. The zero-order chi connectivity index (χ0) is 45.2. The minimum absolute atomic E-state index is 0. The fraction of sp³-hybridized carbons (Fsp3) is 0.955. The van der Waals surface area contributed by atoms with Crippen LogP contribution in [0.25, 0.3) is 0 Å². The van der Waals surface area contributed by atoms with Crippen LogP contribution in [0.1, 0.15) is 175 Å². The Bertz CT molecular complexity index is 1130. The summed E-state index contributed by atoms with van der Waals surface area (Å²) in [5, 5.41) is 13.9. The van der Waals surface area contributed by atoms with E-state index in [2.05, 4.69) is 105 Å². The van der Waals surface area contributed by atoms with Crippen molar-refractivity contribution in [1.82, 2.24) is 5.32 Å². The third-order valence-electron chi connectivity index (χ3n) is 11.3. The van der Waals surface area contributed by atoms with Crippen LogP contribution in [0.4, 0.5) is 0 Å². The van der Waals surface area contributed by atoms with Crippen molar-refractivity contribution in [2.75, 3.05) is 6.54 Å². The number of amides is 1. The Morgan fingerprint density at radius 2 is 0.883 bits per heavy atom. The number of unbranched alkanes of at least 4 members (excludes halogenated alkanes) is 16. The molecule has 0 radical (unpaired) electrons. The van der Waals surface area contributed by atoms with Crippen molar-refractivity contribution in [3.63, 3.8) is 0 Å². The minimum Gasteiger partial charge on any atom is -0.550 e. The van der Waals surface area contributed by atoms with E-state index < -0.39 is 56.8 Å². The van der Waals surface area contributed by atoms with Crippen LogP contribution in [0.2, 0.25) is 89.1 Å². The largest absolute Gasteiger partial charge is 1.00 e. The number of hydrogen-bond donors (Lipinski definition) is 1. The number of carboxylic acids is 1. The van der Waals surface area contributed by atoms with E-state index in [0.29, 0.717) is 24.6 Å². The first kappa shape index (κ1) is 63.1. The molecule has 5 unspecified atom stereocenters. The quantitative estimate of drug-likeness (QED) is 0.0479. The minimum atomic E-state index is -3.00. The molecule has 9 nitrogen and oxygen atoms in total. The van der Waals surface area contributed by atoms with E-state index >= 15 is 0 Å². The molecule has 16 heteroatoms. The summed E-state index contributed by atoms with van der Waals surface area (Å²) < 4.78 is 36.8. The molecule has 1 amide bonds. The van der Waals surface area contributed by atoms with Gasteiger partial charge in [-0.05, 0) is 115 Å². The molecule has 0 aliphatic rings. The van der Waals surface area contributed by atoms with E-state index in [9.17, 15) is 14.7 Å². The second kappa shape index (κ2) is 32.7. The maximum atomic E-state index is 12.4. The molecule has 0 aromatic rings. The molecule has 0 spiro atoms. The van der Waals surface area contributed by atoms with E-state index in [-0.39, 0.29) is 53.8 Å². The molecular weight excluding hydrogens is 862 g/mol. The van der Waals surface area contributed by atoms with Crippen LogP contribution < -0.4 is 40.0 Å². The molecule has 0 heterocycles. The van der Waals surface area contributed by atoms with Gasteiger partial charge in [0, 0.05) is 18.9 Å². The number of rotatable bonds is 39. The first-order valence-electron chi connectivity index (χ1n) is 24.3. The Balaban J connectivity index is 0. The molecule has 0 bridgehead atoms. The second-order valence-corrected chi connectivity index (χ2v) is 44.8. The van der Waals surface area contributed by atoms with Crippen molar-refractivity contribution < 1.29 is 64.8 Å². The topological polar surface area (TPSA) is 115 Å². The normalized spacial score (nSPS) is 16.6. The van der Waals surface area contributed by atoms with Gasteiger partial charge in [0.05, 0.1) is 0 Å². The Hall–Kier alpha value is 1.04. The van der Waals surface area contributed by atoms with Crippen LogP contribution in [0, 0.1) is 0 Å². The Morgan fingerprint density at radius 3 is 1.27 bits per heavy atom. The van der Waals surface area contributed by atoms with Gasteiger partial charge >= 0.3 is 63.8 Å². The molecular formula is C44H98NNaO8Si6. The van der Waals surface area contributed by atoms with Gasteiger partial charge in [0.1, 0.15) is 0 Å². The number of hydrogen-bond acceptors (Lipinski definition) is 8. The predicted molar refractivity (Wildman–Crippen MR) is 264 cm³/mol. The summed E-state index contributed by atoms with van der Waals surface area (Å²) in [6.07, 6.45) is 25.9. The zero-order valence-corrected chi connectivity index (χ0v) is 50.6. The Labute approximate surface area is 401 Å². The molecule has 0 saturated heterocycles. The van der Waals surface area contributed by atoms with E-state index in [4.69, 9.17) is 20.6 Å². The van der Waals surface area contributed by atoms with Gasteiger partial charge in [-0.15, -0.1) is 0 Å². The molecule has 0 aliphatic carbocycles. The summed E-state index contributed by atoms with van der Waals surface area (Å²) >= 11 is 0. The van der Waals surface area contributed by atoms with Crippen molar-refractivity contribution in [3.05, 3.63) is 0 Å². The molecule has 0 aliphatic heterocycles. The average molecular weight is 961 g/mol. The number of carboxylic acid groups (broad SMARTS) is 1. The van der Waals surface area contributed by atoms with Crippen molar-refractivity contribution in [1.29, 1.82) is 0 Å². The molecule has 0 aromatic carbocycles. The van der Waals surface area contributed by atoms with Crippen molar-refractivity contribution in [2.45, 2.75) is 265 Å². The summed E-state index contributed by atoms with van der Waals surface area (Å²) in [6, 6.07) is 0.664. The fourth-order valence-electron chi connectivity index (χ4n) is 8.27. The molecule has 0 aromatic heterocycles. The summed E-state index contributed by atoms with van der Waals surface area (Å²) in [6.45, 7) is 34.4. The van der Waals surface area contributed by atoms with Crippen LogP contribution in [0.5, 0.6) is 0 Å². The summed E-state index contributed by atoms with van der Waals surface area (Å²) in [5.74, 6) is -1.49. The predicted octanol–water partition coefficient (Wildman–Crippen LogP) is 10.3. The average Bonchev–Trinajstić information content (AvgIpc) is 3.08. The van der Waals surface area contributed by atoms with Crippen LogP contribution in [-0.2, 0) is 30.2 Å². The summed E-state index contributed by atoms with van der Waals surface area (Å²) in [7, 11) is -15.3. The monoisotopic (exact) mass is 960 g/mol. The number of nitrogens with one attached hydrogen (secondary N) is 1. The zero-order valence-electron chi connectivity index (χ0n) is 42.6. The van der Waals surface area contributed by atoms with Gasteiger partial charge in [-0.3, -0.25) is 4.79 Å². The first-order valence-corrected chi connectivity index (χ1v) is 41.2. The third-order valence-corrected chi connectivity index (χ3v) is 35.5. The van der Waals surface area contributed by atoms with Crippen molar-refractivity contribution in [2.24, 2.45) is 0 Å². The van der Waals surface area contributed by atoms with Gasteiger partial charge < -0.3 is 35.8 Å². The maximum absolute atomic E-state index is 12.4. The standard InChI is InChI=1S/C44H99NO8Si6.Na/c1-16-18-20-22-24-26-27-29-31-32-35-41(3)58(14,50-55(8,9)10)53-59(15,42(4)36-33-30-28-25-23-21-19-17-2)52-57(13,51-56(11,12)49-54(5,6)7)40-34-39-45-43(46)37-38-44(47)48;/h41-42H,16-40H2,1-15H3,(H,45,46)(H,47,48);/q;+1/p-1. The van der Waals surface area contributed by atoms with E-state index in [1.54, 1.807) is 0 Å². The molecule has 0 saturated carbocycles. The van der Waals surface area contributed by atoms with Gasteiger partial charge in [-0.2, -0.15) is 0 Å². The molecule has 352 valence electrons. The van der Waals surface area contributed by atoms with E-state index in [1.807, 2.05) is 0 Å². The number of carbonyl (C=O) groups is 2. The molecule has 0 fully saturated rings. The van der Waals surface area contributed by atoms with E-state index in [0.717, 1.165) is 19.3 Å². The SMILES string of the molecule is CCCCCCCCCCCCC(C)[Si](C)(O[Si](C)(C)C)O[Si](C)(O[Si](C)(CCCNC(=O)CCC(=O)[O-])O[Si](C)(C)O[Si](C)(C)C)C(C)CCCCCCCCCC.[Na+]. The van der Waals surface area contributed by atoms with Crippen LogP contribution in [-0.4, -0.2) is 69.3 Å². The second-order valence-electron chi connectivity index (χ2n) is 20.7. The van der Waals surface area contributed by atoms with E-state index in [1.165, 1.54) is 109 Å². The van der Waals surface area contributed by atoms with Crippen LogP contribution >= 0.6 is 0 Å².